The van der Waals surface area contributed by atoms with E-state index in [0.29, 0.717) is 6.61 Å². The first-order chi connectivity index (χ1) is 9.90. The Bertz CT molecular complexity index is 530. The van der Waals surface area contributed by atoms with E-state index in [1.807, 2.05) is 32.9 Å². The number of benzene rings is 1. The minimum absolute atomic E-state index is 0.189. The van der Waals surface area contributed by atoms with Crippen molar-refractivity contribution in [1.29, 1.82) is 0 Å². The first-order valence-electron chi connectivity index (χ1n) is 7.63. The second-order valence-electron chi connectivity index (χ2n) is 8.09. The summed E-state index contributed by atoms with van der Waals surface area (Å²) in [5, 5.41) is 11.3. The van der Waals surface area contributed by atoms with Crippen LogP contribution in [0.3, 0.4) is 0 Å². The third-order valence-electron chi connectivity index (χ3n) is 3.33. The van der Waals surface area contributed by atoms with Gasteiger partial charge in [0.15, 0.2) is 0 Å². The molecule has 22 heavy (non-hydrogen) atoms. The molecule has 0 bridgehead atoms. The number of hydrogen-bond acceptors (Lipinski definition) is 3. The molecule has 0 unspecified atom stereocenters. The van der Waals surface area contributed by atoms with Crippen LogP contribution in [0.15, 0.2) is 18.2 Å². The zero-order valence-electron chi connectivity index (χ0n) is 14.8. The lowest BCUT2D eigenvalue weighted by Crippen LogP contribution is -2.21. The Kier molecular flexibility index (Phi) is 5.93. The van der Waals surface area contributed by atoms with E-state index in [9.17, 15) is 10.1 Å². The van der Waals surface area contributed by atoms with E-state index in [1.54, 1.807) is 6.07 Å². The second-order valence-corrected chi connectivity index (χ2v) is 10.1. The highest BCUT2D eigenvalue weighted by Crippen LogP contribution is 2.32. The lowest BCUT2D eigenvalue weighted by atomic mass is 9.85. The molecule has 0 spiro atoms. The molecule has 0 fully saturated rings. The Labute approximate surface area is 135 Å². The van der Waals surface area contributed by atoms with E-state index in [4.69, 9.17) is 4.43 Å². The minimum atomic E-state index is -0.885. The van der Waals surface area contributed by atoms with Gasteiger partial charge in [0.25, 0.3) is 5.69 Å². The highest BCUT2D eigenvalue weighted by atomic mass is 28.3. The molecule has 0 aliphatic rings. The van der Waals surface area contributed by atoms with Crippen molar-refractivity contribution in [2.75, 3.05) is 0 Å². The average molecular weight is 323 g/mol. The van der Waals surface area contributed by atoms with Crippen molar-refractivity contribution in [3.63, 3.8) is 0 Å². The minimum Gasteiger partial charge on any atom is -0.413 e. The Balaban J connectivity index is 2.86. The van der Waals surface area contributed by atoms with E-state index in [1.165, 1.54) is 0 Å². The average Bonchev–Trinajstić information content (AvgIpc) is 2.32. The van der Waals surface area contributed by atoms with Gasteiger partial charge in [0.1, 0.15) is 0 Å². The lowest BCUT2D eigenvalue weighted by molar-refractivity contribution is -0.386. The monoisotopic (exact) mass is 322 g/mol. The molecular weight excluding hydrogens is 294 g/mol. The smallest absolute Gasteiger partial charge is 0.273 e. The van der Waals surface area contributed by atoms with Crippen molar-refractivity contribution in [1.82, 2.24) is 0 Å². The number of hydrogen-bond donors (Lipinski definition) is 0. The van der Waals surface area contributed by atoms with Gasteiger partial charge in [0.05, 0.1) is 11.5 Å². The molecule has 1 aromatic carbocycles. The van der Waals surface area contributed by atoms with Crippen LogP contribution in [-0.2, 0) is 16.4 Å². The summed E-state index contributed by atoms with van der Waals surface area (Å²) in [4.78, 5) is 11.0. The van der Waals surface area contributed by atoms with Gasteiger partial charge in [-0.15, -0.1) is 0 Å². The fourth-order valence-corrected chi connectivity index (χ4v) is 4.47. The van der Waals surface area contributed by atoms with Gasteiger partial charge in [0, 0.05) is 11.6 Å². The highest BCUT2D eigenvalue weighted by Gasteiger charge is 2.25. The topological polar surface area (TPSA) is 52.4 Å². The predicted octanol–water partition coefficient (Wildman–Crippen LogP) is 5.08. The molecule has 4 nitrogen and oxygen atoms in total. The molecule has 0 N–H and O–H groups in total. The summed E-state index contributed by atoms with van der Waals surface area (Å²) in [5.74, 6) is 0. The van der Waals surface area contributed by atoms with Crippen LogP contribution in [0, 0.1) is 15.5 Å². The molecular formula is C17H28NO3Si. The van der Waals surface area contributed by atoms with Crippen molar-refractivity contribution in [3.05, 3.63) is 39.4 Å². The van der Waals surface area contributed by atoms with Crippen LogP contribution < -0.4 is 0 Å². The zero-order valence-corrected chi connectivity index (χ0v) is 15.8. The van der Waals surface area contributed by atoms with Crippen LogP contribution in [0.5, 0.6) is 0 Å². The number of nitrogens with zero attached hydrogens (tertiary/aromatic N) is 1. The number of nitro benzene ring substituents is 1. The van der Waals surface area contributed by atoms with E-state index in [-0.39, 0.29) is 21.4 Å². The van der Waals surface area contributed by atoms with Gasteiger partial charge in [-0.1, -0.05) is 53.7 Å². The maximum absolute atomic E-state index is 11.3. The third-order valence-corrected chi connectivity index (χ3v) is 5.53. The van der Waals surface area contributed by atoms with Gasteiger partial charge in [-0.3, -0.25) is 10.1 Å². The van der Waals surface area contributed by atoms with Crippen LogP contribution in [0.4, 0.5) is 5.69 Å². The Hall–Kier alpha value is -1.20. The van der Waals surface area contributed by atoms with Crippen LogP contribution in [0.1, 0.15) is 52.7 Å². The van der Waals surface area contributed by atoms with Crippen LogP contribution in [-0.4, -0.2) is 14.0 Å². The molecule has 1 radical (unpaired) electrons. The maximum Gasteiger partial charge on any atom is 0.273 e. The molecule has 0 aliphatic carbocycles. The summed E-state index contributed by atoms with van der Waals surface area (Å²) in [7, 11) is -0.885. The van der Waals surface area contributed by atoms with Crippen molar-refractivity contribution < 1.29 is 9.35 Å². The Morgan fingerprint density at radius 3 is 2.23 bits per heavy atom. The van der Waals surface area contributed by atoms with Crippen LogP contribution in [0.2, 0.25) is 12.6 Å². The standard InChI is InChI=1S/C17H28NO3Si/c1-16(2,3)12-22(7)21-11-13-8-9-14(17(4,5)6)15(10-13)18(19)20/h8-10H,11-12H2,1-7H3. The first kappa shape index (κ1) is 18.8. The molecule has 1 aromatic rings. The second kappa shape index (κ2) is 6.92. The van der Waals surface area contributed by atoms with Gasteiger partial charge >= 0.3 is 0 Å². The van der Waals surface area contributed by atoms with Crippen molar-refractivity contribution in [2.24, 2.45) is 5.41 Å². The number of nitro groups is 1. The predicted molar refractivity (Wildman–Crippen MR) is 92.5 cm³/mol. The summed E-state index contributed by atoms with van der Waals surface area (Å²) >= 11 is 0. The first-order valence-corrected chi connectivity index (χ1v) is 9.75. The normalized spacial score (nSPS) is 12.7. The Morgan fingerprint density at radius 1 is 1.18 bits per heavy atom. The van der Waals surface area contributed by atoms with E-state index >= 15 is 0 Å². The summed E-state index contributed by atoms with van der Waals surface area (Å²) < 4.78 is 5.94. The molecule has 0 atom stereocenters. The fourth-order valence-electron chi connectivity index (χ4n) is 2.46. The molecule has 0 heterocycles. The molecule has 0 amide bonds. The summed E-state index contributed by atoms with van der Waals surface area (Å²) in [5.41, 5.74) is 1.84. The van der Waals surface area contributed by atoms with E-state index in [0.717, 1.165) is 17.2 Å². The molecule has 0 saturated heterocycles. The molecule has 0 aromatic heterocycles. The van der Waals surface area contributed by atoms with Crippen molar-refractivity contribution in [2.45, 2.75) is 66.2 Å². The highest BCUT2D eigenvalue weighted by molar-refractivity contribution is 6.50. The van der Waals surface area contributed by atoms with Gasteiger partial charge in [0.2, 0.25) is 9.04 Å². The van der Waals surface area contributed by atoms with Crippen LogP contribution in [0.25, 0.3) is 0 Å². The lowest BCUT2D eigenvalue weighted by Gasteiger charge is -2.22. The Morgan fingerprint density at radius 2 is 1.77 bits per heavy atom. The SMILES string of the molecule is C[Si](CC(C)(C)C)OCc1ccc(C(C)(C)C)c([N+](=O)[O-])c1. The van der Waals surface area contributed by atoms with Crippen molar-refractivity contribution >= 4 is 14.7 Å². The zero-order chi connectivity index (χ0) is 17.1. The molecule has 123 valence electrons. The van der Waals surface area contributed by atoms with E-state index < -0.39 is 9.04 Å². The summed E-state index contributed by atoms with van der Waals surface area (Å²) in [6.07, 6.45) is 0. The summed E-state index contributed by atoms with van der Waals surface area (Å²) in [6, 6.07) is 6.52. The largest absolute Gasteiger partial charge is 0.413 e. The maximum atomic E-state index is 11.3. The molecule has 5 heteroatoms. The fraction of sp³-hybridized carbons (Fsp3) is 0.647. The third kappa shape index (κ3) is 5.89. The molecule has 1 rings (SSSR count). The van der Waals surface area contributed by atoms with Crippen molar-refractivity contribution in [3.8, 4) is 0 Å². The molecule has 0 aliphatic heterocycles. The van der Waals surface area contributed by atoms with Crippen LogP contribution >= 0.6 is 0 Å². The number of rotatable bonds is 5. The summed E-state index contributed by atoms with van der Waals surface area (Å²) in [6.45, 7) is 15.2. The van der Waals surface area contributed by atoms with E-state index in [2.05, 4.69) is 27.3 Å². The van der Waals surface area contributed by atoms with Gasteiger partial charge in [-0.25, -0.2) is 0 Å². The van der Waals surface area contributed by atoms with Gasteiger partial charge in [-0.2, -0.15) is 0 Å². The quantitative estimate of drug-likeness (QED) is 0.432. The van der Waals surface area contributed by atoms with Gasteiger partial charge in [-0.05, 0) is 29.0 Å². The molecule has 0 saturated carbocycles. The van der Waals surface area contributed by atoms with Gasteiger partial charge < -0.3 is 4.43 Å².